The van der Waals surface area contributed by atoms with Crippen LogP contribution in [0.4, 0.5) is 0 Å². The van der Waals surface area contributed by atoms with Crippen molar-refractivity contribution >= 4 is 5.78 Å². The zero-order valence-corrected chi connectivity index (χ0v) is 15.2. The van der Waals surface area contributed by atoms with Crippen LogP contribution in [-0.2, 0) is 4.79 Å². The SMILES string of the molecule is C[C@@H]1CC[C@H]2[C@@H]3CCC4CC(=O)C(O)(O)C(O)[C@]4(C)[C@H]3CC[C@]12C. The van der Waals surface area contributed by atoms with Gasteiger partial charge in [-0.2, -0.15) is 0 Å². The molecule has 0 heterocycles. The number of carbonyl (C=O) groups is 1. The van der Waals surface area contributed by atoms with E-state index in [1.54, 1.807) is 0 Å². The van der Waals surface area contributed by atoms with Crippen molar-refractivity contribution in [2.24, 2.45) is 40.4 Å². The Morgan fingerprint density at radius 2 is 1.71 bits per heavy atom. The van der Waals surface area contributed by atoms with Gasteiger partial charge in [0.1, 0.15) is 6.10 Å². The summed E-state index contributed by atoms with van der Waals surface area (Å²) in [4.78, 5) is 12.1. The number of Topliss-reactive ketones (excluding diaryl/α,β-unsaturated/α-hetero) is 1. The third-order valence-electron chi connectivity index (χ3n) is 9.25. The molecule has 4 heteroatoms. The quantitative estimate of drug-likeness (QED) is 0.594. The highest BCUT2D eigenvalue weighted by Crippen LogP contribution is 2.67. The molecule has 8 atom stereocenters. The van der Waals surface area contributed by atoms with Crippen molar-refractivity contribution < 1.29 is 20.1 Å². The van der Waals surface area contributed by atoms with Crippen molar-refractivity contribution in [2.75, 3.05) is 0 Å². The molecule has 4 nitrogen and oxygen atoms in total. The van der Waals surface area contributed by atoms with Gasteiger partial charge in [-0.3, -0.25) is 4.79 Å². The number of aliphatic hydroxyl groups is 3. The van der Waals surface area contributed by atoms with Crippen LogP contribution >= 0.6 is 0 Å². The maximum Gasteiger partial charge on any atom is 0.251 e. The average Bonchev–Trinajstić information content (AvgIpc) is 2.83. The first-order valence-electron chi connectivity index (χ1n) is 9.79. The van der Waals surface area contributed by atoms with E-state index in [0.29, 0.717) is 23.2 Å². The fraction of sp³-hybridized carbons (Fsp3) is 0.950. The number of aliphatic hydroxyl groups excluding tert-OH is 1. The second-order valence-corrected chi connectivity index (χ2v) is 9.80. The summed E-state index contributed by atoms with van der Waals surface area (Å²) in [5.74, 6) is -0.822. The highest BCUT2D eigenvalue weighted by atomic mass is 16.5. The summed E-state index contributed by atoms with van der Waals surface area (Å²) in [5, 5.41) is 31.3. The maximum absolute atomic E-state index is 12.1. The molecule has 0 aromatic rings. The third kappa shape index (κ3) is 1.88. The Balaban J connectivity index is 1.71. The number of hydrogen-bond donors (Lipinski definition) is 3. The predicted octanol–water partition coefficient (Wildman–Crippen LogP) is 2.50. The van der Waals surface area contributed by atoms with Crippen LogP contribution in [0.25, 0.3) is 0 Å². The lowest BCUT2D eigenvalue weighted by Gasteiger charge is -2.62. The minimum Gasteiger partial charge on any atom is -0.386 e. The molecule has 0 saturated heterocycles. The van der Waals surface area contributed by atoms with Crippen molar-refractivity contribution in [3.63, 3.8) is 0 Å². The number of ketones is 1. The Bertz CT molecular complexity index is 558. The molecule has 136 valence electrons. The van der Waals surface area contributed by atoms with Crippen molar-refractivity contribution in [3.8, 4) is 0 Å². The van der Waals surface area contributed by atoms with Gasteiger partial charge < -0.3 is 15.3 Å². The zero-order valence-electron chi connectivity index (χ0n) is 15.2. The number of rotatable bonds is 0. The monoisotopic (exact) mass is 336 g/mol. The lowest BCUT2D eigenvalue weighted by molar-refractivity contribution is -0.284. The fourth-order valence-corrected chi connectivity index (χ4v) is 7.44. The second kappa shape index (κ2) is 5.05. The van der Waals surface area contributed by atoms with E-state index >= 15 is 0 Å². The van der Waals surface area contributed by atoms with E-state index in [9.17, 15) is 20.1 Å². The van der Waals surface area contributed by atoms with Gasteiger partial charge in [0, 0.05) is 11.8 Å². The second-order valence-electron chi connectivity index (χ2n) is 9.80. The summed E-state index contributed by atoms with van der Waals surface area (Å²) < 4.78 is 0. The minimum atomic E-state index is -2.57. The highest BCUT2D eigenvalue weighted by Gasteiger charge is 2.66. The van der Waals surface area contributed by atoms with E-state index < -0.39 is 23.1 Å². The first-order valence-corrected chi connectivity index (χ1v) is 9.79. The molecule has 4 rings (SSSR count). The van der Waals surface area contributed by atoms with Gasteiger partial charge in [0.2, 0.25) is 0 Å². The molecule has 24 heavy (non-hydrogen) atoms. The number of carbonyl (C=O) groups excluding carboxylic acids is 1. The summed E-state index contributed by atoms with van der Waals surface area (Å²) in [7, 11) is 0. The van der Waals surface area contributed by atoms with E-state index in [0.717, 1.165) is 31.6 Å². The molecular weight excluding hydrogens is 304 g/mol. The Kier molecular flexibility index (Phi) is 3.57. The summed E-state index contributed by atoms with van der Waals surface area (Å²) in [5.41, 5.74) is -0.164. The fourth-order valence-electron chi connectivity index (χ4n) is 7.44. The molecule has 0 amide bonds. The van der Waals surface area contributed by atoms with Gasteiger partial charge in [-0.1, -0.05) is 20.8 Å². The Morgan fingerprint density at radius 3 is 2.42 bits per heavy atom. The van der Waals surface area contributed by atoms with Gasteiger partial charge in [-0.25, -0.2) is 0 Å². The Labute approximate surface area is 144 Å². The zero-order chi connectivity index (χ0) is 17.5. The van der Waals surface area contributed by atoms with Gasteiger partial charge in [0.15, 0.2) is 5.78 Å². The summed E-state index contributed by atoms with van der Waals surface area (Å²) in [6, 6.07) is 0. The van der Waals surface area contributed by atoms with Crippen LogP contribution < -0.4 is 0 Å². The summed E-state index contributed by atoms with van der Waals surface area (Å²) in [6.45, 7) is 6.85. The first kappa shape index (κ1) is 17.0. The smallest absolute Gasteiger partial charge is 0.251 e. The van der Waals surface area contributed by atoms with Crippen LogP contribution in [0.5, 0.6) is 0 Å². The molecule has 0 aromatic heterocycles. The van der Waals surface area contributed by atoms with E-state index in [2.05, 4.69) is 13.8 Å². The van der Waals surface area contributed by atoms with E-state index in [1.165, 1.54) is 12.8 Å². The van der Waals surface area contributed by atoms with E-state index in [4.69, 9.17) is 0 Å². The van der Waals surface area contributed by atoms with Gasteiger partial charge >= 0.3 is 0 Å². The standard InChI is InChI=1S/C20H32O4/c1-11-4-7-14-13-6-5-12-10-16(21)20(23,24)17(22)19(12,3)15(13)8-9-18(11,14)2/h11-15,17,22-24H,4-10H2,1-3H3/t11-,12?,13+,14+,15+,17?,18-,19+/m1/s1. The predicted molar refractivity (Wildman–Crippen MR) is 89.8 cm³/mol. The molecule has 0 aliphatic heterocycles. The molecule has 4 aliphatic carbocycles. The van der Waals surface area contributed by atoms with Gasteiger partial charge in [0.05, 0.1) is 0 Å². The molecule has 0 radical (unpaired) electrons. The first-order chi connectivity index (χ1) is 11.1. The summed E-state index contributed by atoms with van der Waals surface area (Å²) in [6.07, 6.45) is 5.63. The molecule has 4 fully saturated rings. The van der Waals surface area contributed by atoms with Gasteiger partial charge in [0.25, 0.3) is 5.79 Å². The molecule has 4 aliphatic rings. The summed E-state index contributed by atoms with van der Waals surface area (Å²) >= 11 is 0. The van der Waals surface area contributed by atoms with Crippen LogP contribution in [0.15, 0.2) is 0 Å². The van der Waals surface area contributed by atoms with E-state index in [1.807, 2.05) is 6.92 Å². The molecule has 3 N–H and O–H groups in total. The third-order valence-corrected chi connectivity index (χ3v) is 9.25. The van der Waals surface area contributed by atoms with E-state index in [-0.39, 0.29) is 12.3 Å². The van der Waals surface area contributed by atoms with Crippen LogP contribution in [0.2, 0.25) is 0 Å². The van der Waals surface area contributed by atoms with Crippen LogP contribution in [-0.4, -0.2) is 33.0 Å². The molecule has 2 unspecified atom stereocenters. The highest BCUT2D eigenvalue weighted by molar-refractivity contribution is 5.87. The topological polar surface area (TPSA) is 77.8 Å². The minimum absolute atomic E-state index is 0.0804. The van der Waals surface area contributed by atoms with Crippen LogP contribution in [0.1, 0.15) is 65.7 Å². The lowest BCUT2D eigenvalue weighted by atomic mass is 9.43. The van der Waals surface area contributed by atoms with Gasteiger partial charge in [-0.15, -0.1) is 0 Å². The Hall–Kier alpha value is -0.450. The Morgan fingerprint density at radius 1 is 1.00 bits per heavy atom. The van der Waals surface area contributed by atoms with Crippen molar-refractivity contribution in [1.82, 2.24) is 0 Å². The van der Waals surface area contributed by atoms with Gasteiger partial charge in [-0.05, 0) is 73.5 Å². The normalized spacial score (nSPS) is 56.3. The molecule has 0 bridgehead atoms. The molecule has 0 spiro atoms. The molecule has 0 aromatic carbocycles. The number of fused-ring (bicyclic) bond motifs is 5. The molecular formula is C20H32O4. The maximum atomic E-state index is 12.1. The average molecular weight is 336 g/mol. The largest absolute Gasteiger partial charge is 0.386 e. The number of hydrogen-bond acceptors (Lipinski definition) is 4. The molecule has 4 saturated carbocycles. The lowest BCUT2D eigenvalue weighted by Crippen LogP contribution is -2.68. The van der Waals surface area contributed by atoms with Crippen molar-refractivity contribution in [2.45, 2.75) is 77.6 Å². The van der Waals surface area contributed by atoms with Crippen molar-refractivity contribution in [3.05, 3.63) is 0 Å². The van der Waals surface area contributed by atoms with Crippen LogP contribution in [0.3, 0.4) is 0 Å². The van der Waals surface area contributed by atoms with Crippen molar-refractivity contribution in [1.29, 1.82) is 0 Å². The van der Waals surface area contributed by atoms with Crippen LogP contribution in [0, 0.1) is 40.4 Å².